The first kappa shape index (κ1) is 14.0. The Labute approximate surface area is 125 Å². The zero-order valence-corrected chi connectivity index (χ0v) is 13.0. The van der Waals surface area contributed by atoms with Crippen LogP contribution in [0.3, 0.4) is 0 Å². The molecule has 1 aromatic rings. The predicted molar refractivity (Wildman–Crippen MR) is 81.7 cm³/mol. The first-order chi connectivity index (χ1) is 10.1. The van der Waals surface area contributed by atoms with Crippen molar-refractivity contribution >= 4 is 5.84 Å². The first-order valence-electron chi connectivity index (χ1n) is 7.48. The lowest BCUT2D eigenvalue weighted by Crippen LogP contribution is -2.43. The maximum absolute atomic E-state index is 5.24. The predicted octanol–water partition coefficient (Wildman–Crippen LogP) is 1.65. The number of aliphatic imine (C=N–C) groups is 1. The molecule has 0 fully saturated rings. The molecule has 6 heteroatoms. The molecule has 0 saturated carbocycles. The van der Waals surface area contributed by atoms with Crippen molar-refractivity contribution in [3.05, 3.63) is 29.4 Å². The minimum Gasteiger partial charge on any atom is -0.361 e. The standard InChI is InChI=1S/C15H23N5O/c1-12-8-13(21-17-12)6-4-5-7-20-9-14-15(19(3)11-20)16-10-18(14)2/h8-9H,4-7,10-11H2,1-3H3. The summed E-state index contributed by atoms with van der Waals surface area (Å²) in [6.45, 7) is 4.70. The Balaban J connectivity index is 1.48. The zero-order valence-electron chi connectivity index (χ0n) is 13.0. The maximum atomic E-state index is 5.24. The number of unbranched alkanes of at least 4 members (excludes halogenated alkanes) is 1. The van der Waals surface area contributed by atoms with Crippen LogP contribution in [0.1, 0.15) is 24.3 Å². The largest absolute Gasteiger partial charge is 0.361 e. The second-order valence-corrected chi connectivity index (χ2v) is 5.88. The van der Waals surface area contributed by atoms with Crippen LogP contribution in [0.5, 0.6) is 0 Å². The van der Waals surface area contributed by atoms with Crippen LogP contribution < -0.4 is 0 Å². The molecular weight excluding hydrogens is 266 g/mol. The summed E-state index contributed by atoms with van der Waals surface area (Å²) in [7, 11) is 4.20. The molecule has 3 rings (SSSR count). The van der Waals surface area contributed by atoms with Crippen LogP contribution in [0.2, 0.25) is 0 Å². The van der Waals surface area contributed by atoms with Crippen LogP contribution in [0, 0.1) is 6.92 Å². The van der Waals surface area contributed by atoms with E-state index in [1.807, 2.05) is 13.0 Å². The molecule has 0 spiro atoms. The summed E-state index contributed by atoms with van der Waals surface area (Å²) in [4.78, 5) is 11.3. The molecule has 0 N–H and O–H groups in total. The van der Waals surface area contributed by atoms with E-state index in [0.717, 1.165) is 56.4 Å². The fourth-order valence-corrected chi connectivity index (χ4v) is 2.81. The maximum Gasteiger partial charge on any atom is 0.152 e. The van der Waals surface area contributed by atoms with Gasteiger partial charge in [0.25, 0.3) is 0 Å². The molecule has 21 heavy (non-hydrogen) atoms. The van der Waals surface area contributed by atoms with Crippen LogP contribution in [0.15, 0.2) is 27.5 Å². The van der Waals surface area contributed by atoms with Gasteiger partial charge in [0.1, 0.15) is 12.4 Å². The molecule has 0 amide bonds. The normalized spacial score (nSPS) is 18.0. The molecule has 114 valence electrons. The molecule has 0 saturated heterocycles. The second-order valence-electron chi connectivity index (χ2n) is 5.88. The number of aromatic nitrogens is 1. The van der Waals surface area contributed by atoms with Crippen molar-refractivity contribution in [1.82, 2.24) is 19.9 Å². The van der Waals surface area contributed by atoms with Gasteiger partial charge in [0.2, 0.25) is 0 Å². The number of aryl methyl sites for hydroxylation is 2. The smallest absolute Gasteiger partial charge is 0.152 e. The van der Waals surface area contributed by atoms with Gasteiger partial charge in [-0.15, -0.1) is 0 Å². The highest BCUT2D eigenvalue weighted by Gasteiger charge is 2.27. The van der Waals surface area contributed by atoms with E-state index in [9.17, 15) is 0 Å². The van der Waals surface area contributed by atoms with E-state index in [-0.39, 0.29) is 0 Å². The van der Waals surface area contributed by atoms with Crippen molar-refractivity contribution in [1.29, 1.82) is 0 Å². The summed E-state index contributed by atoms with van der Waals surface area (Å²) in [5.41, 5.74) is 2.19. The monoisotopic (exact) mass is 289 g/mol. The van der Waals surface area contributed by atoms with Crippen LogP contribution in [0.4, 0.5) is 0 Å². The SMILES string of the molecule is Cc1cc(CCCCN2C=C3C(=NCN3C)N(C)C2)on1. The van der Waals surface area contributed by atoms with E-state index in [0.29, 0.717) is 0 Å². The Kier molecular flexibility index (Phi) is 3.86. The summed E-state index contributed by atoms with van der Waals surface area (Å²) >= 11 is 0. The van der Waals surface area contributed by atoms with Crippen molar-refractivity contribution in [3.63, 3.8) is 0 Å². The van der Waals surface area contributed by atoms with E-state index in [1.54, 1.807) is 0 Å². The van der Waals surface area contributed by atoms with Crippen LogP contribution >= 0.6 is 0 Å². The van der Waals surface area contributed by atoms with Crippen molar-refractivity contribution in [2.45, 2.75) is 26.2 Å². The van der Waals surface area contributed by atoms with E-state index in [4.69, 9.17) is 4.52 Å². The summed E-state index contributed by atoms with van der Waals surface area (Å²) in [5, 5.41) is 3.92. The Hall–Kier alpha value is -1.98. The number of hydrogen-bond donors (Lipinski definition) is 0. The Morgan fingerprint density at radius 1 is 1.24 bits per heavy atom. The molecule has 2 aliphatic rings. The first-order valence-corrected chi connectivity index (χ1v) is 7.48. The molecule has 1 aromatic heterocycles. The summed E-state index contributed by atoms with van der Waals surface area (Å²) in [5.74, 6) is 2.11. The number of fused-ring (bicyclic) bond motifs is 1. The third-order valence-corrected chi connectivity index (χ3v) is 3.93. The Bertz CT molecular complexity index is 562. The van der Waals surface area contributed by atoms with Crippen molar-refractivity contribution < 1.29 is 4.52 Å². The lowest BCUT2D eigenvalue weighted by Gasteiger charge is -2.34. The Morgan fingerprint density at radius 3 is 2.86 bits per heavy atom. The lowest BCUT2D eigenvalue weighted by atomic mass is 10.2. The minimum atomic E-state index is 0.768. The van der Waals surface area contributed by atoms with Gasteiger partial charge in [0, 0.05) is 39.3 Å². The topological polar surface area (TPSA) is 48.1 Å². The van der Waals surface area contributed by atoms with Crippen molar-refractivity contribution in [2.24, 2.45) is 4.99 Å². The lowest BCUT2D eigenvalue weighted by molar-refractivity contribution is 0.249. The second kappa shape index (κ2) is 5.79. The van der Waals surface area contributed by atoms with Gasteiger partial charge in [-0.05, 0) is 19.8 Å². The molecule has 0 aliphatic carbocycles. The number of amidine groups is 1. The van der Waals surface area contributed by atoms with Gasteiger partial charge in [0.05, 0.1) is 18.1 Å². The molecule has 0 aromatic carbocycles. The molecule has 6 nitrogen and oxygen atoms in total. The number of likely N-dealkylation sites (N-methyl/N-ethyl adjacent to an activating group) is 2. The molecule has 0 unspecified atom stereocenters. The van der Waals surface area contributed by atoms with E-state index in [1.165, 1.54) is 5.70 Å². The van der Waals surface area contributed by atoms with Gasteiger partial charge in [-0.1, -0.05) is 5.16 Å². The van der Waals surface area contributed by atoms with Gasteiger partial charge < -0.3 is 19.2 Å². The fourth-order valence-electron chi connectivity index (χ4n) is 2.81. The highest BCUT2D eigenvalue weighted by Crippen LogP contribution is 2.20. The number of nitrogens with zero attached hydrogens (tertiary/aromatic N) is 5. The molecule has 3 heterocycles. The quantitative estimate of drug-likeness (QED) is 0.772. The van der Waals surface area contributed by atoms with Crippen LogP contribution in [0.25, 0.3) is 0 Å². The number of rotatable bonds is 5. The molecule has 0 bridgehead atoms. The fraction of sp³-hybridized carbons (Fsp3) is 0.600. The third kappa shape index (κ3) is 3.04. The highest BCUT2D eigenvalue weighted by atomic mass is 16.5. The molecular formula is C15H23N5O. The van der Waals surface area contributed by atoms with Crippen LogP contribution in [-0.4, -0.2) is 59.7 Å². The van der Waals surface area contributed by atoms with E-state index in [2.05, 4.69) is 45.1 Å². The van der Waals surface area contributed by atoms with E-state index >= 15 is 0 Å². The van der Waals surface area contributed by atoms with Gasteiger partial charge >= 0.3 is 0 Å². The van der Waals surface area contributed by atoms with Gasteiger partial charge in [-0.3, -0.25) is 0 Å². The minimum absolute atomic E-state index is 0.768. The van der Waals surface area contributed by atoms with Gasteiger partial charge in [-0.25, -0.2) is 4.99 Å². The zero-order chi connectivity index (χ0) is 14.8. The number of hydrogen-bond acceptors (Lipinski definition) is 6. The average Bonchev–Trinajstić information content (AvgIpc) is 3.02. The summed E-state index contributed by atoms with van der Waals surface area (Å²) in [6, 6.07) is 2.02. The van der Waals surface area contributed by atoms with E-state index < -0.39 is 0 Å². The van der Waals surface area contributed by atoms with Gasteiger partial charge in [0.15, 0.2) is 5.84 Å². The molecule has 0 atom stereocenters. The third-order valence-electron chi connectivity index (χ3n) is 3.93. The molecule has 2 aliphatic heterocycles. The molecule has 0 radical (unpaired) electrons. The highest BCUT2D eigenvalue weighted by molar-refractivity contribution is 5.99. The average molecular weight is 289 g/mol. The van der Waals surface area contributed by atoms with Crippen molar-refractivity contribution in [3.8, 4) is 0 Å². The van der Waals surface area contributed by atoms with Gasteiger partial charge in [-0.2, -0.15) is 0 Å². The summed E-state index contributed by atoms with van der Waals surface area (Å²) < 4.78 is 5.24. The Morgan fingerprint density at radius 2 is 2.10 bits per heavy atom. The van der Waals surface area contributed by atoms with Crippen molar-refractivity contribution in [2.75, 3.05) is 34.0 Å². The van der Waals surface area contributed by atoms with Crippen LogP contribution in [-0.2, 0) is 6.42 Å². The summed E-state index contributed by atoms with van der Waals surface area (Å²) in [6.07, 6.45) is 5.47.